The van der Waals surface area contributed by atoms with Gasteiger partial charge >= 0.3 is 5.97 Å². The fourth-order valence-electron chi connectivity index (χ4n) is 0.677. The van der Waals surface area contributed by atoms with Crippen LogP contribution in [-0.4, -0.2) is 24.8 Å². The average molecular weight is 159 g/mol. The molecule has 0 aromatic rings. The number of rotatable bonds is 4. The van der Waals surface area contributed by atoms with Crippen LogP contribution in [0.3, 0.4) is 0 Å². The largest absolute Gasteiger partial charge is 0.478 e. The highest BCUT2D eigenvalue weighted by atomic mass is 16.5. The lowest BCUT2D eigenvalue weighted by atomic mass is 10.1. The Morgan fingerprint density at radius 2 is 2.18 bits per heavy atom. The number of carboxylic acids is 1. The number of methoxy groups -OCH3 is 1. The Kier molecular flexibility index (Phi) is 4.29. The first-order chi connectivity index (χ1) is 5.09. The van der Waals surface area contributed by atoms with Crippen LogP contribution in [0.25, 0.3) is 0 Å². The second-order valence-electron chi connectivity index (χ2n) is 2.21. The number of carboxylic acid groups (broad SMARTS) is 1. The first-order valence-corrected chi connectivity index (χ1v) is 3.27. The van der Waals surface area contributed by atoms with Crippen molar-refractivity contribution >= 4 is 5.97 Å². The number of allylic oxidation sites excluding steroid dienone is 1. The summed E-state index contributed by atoms with van der Waals surface area (Å²) in [5.41, 5.74) is 5.89. The summed E-state index contributed by atoms with van der Waals surface area (Å²) in [6.07, 6.45) is 0.355. The van der Waals surface area contributed by atoms with Gasteiger partial charge in [-0.05, 0) is 6.92 Å². The quantitative estimate of drug-likeness (QED) is 0.580. The van der Waals surface area contributed by atoms with Crippen LogP contribution >= 0.6 is 0 Å². The Morgan fingerprint density at radius 3 is 2.45 bits per heavy atom. The maximum atomic E-state index is 10.5. The number of hydrogen-bond acceptors (Lipinski definition) is 3. The molecular formula is C7H13NO3. The lowest BCUT2D eigenvalue weighted by molar-refractivity contribution is -0.133. The van der Waals surface area contributed by atoms with E-state index in [9.17, 15) is 4.79 Å². The van der Waals surface area contributed by atoms with Crippen LogP contribution in [0.15, 0.2) is 11.3 Å². The molecule has 0 rings (SSSR count). The number of nitrogens with two attached hydrogens (primary N) is 1. The molecule has 0 bridgehead atoms. The SMILES string of the molecule is COCC/C(C(=O)O)=C(/C)N. The second kappa shape index (κ2) is 4.73. The van der Waals surface area contributed by atoms with Gasteiger partial charge < -0.3 is 15.6 Å². The fourth-order valence-corrected chi connectivity index (χ4v) is 0.677. The van der Waals surface area contributed by atoms with Gasteiger partial charge in [0.15, 0.2) is 0 Å². The summed E-state index contributed by atoms with van der Waals surface area (Å²) in [6.45, 7) is 1.95. The van der Waals surface area contributed by atoms with Crippen molar-refractivity contribution < 1.29 is 14.6 Å². The maximum Gasteiger partial charge on any atom is 0.333 e. The third-order valence-electron chi connectivity index (χ3n) is 1.29. The first kappa shape index (κ1) is 9.97. The van der Waals surface area contributed by atoms with Crippen LogP contribution in [0.5, 0.6) is 0 Å². The van der Waals surface area contributed by atoms with Crippen molar-refractivity contribution in [3.05, 3.63) is 11.3 Å². The van der Waals surface area contributed by atoms with E-state index in [1.807, 2.05) is 0 Å². The maximum absolute atomic E-state index is 10.5. The highest BCUT2D eigenvalue weighted by Gasteiger charge is 2.08. The highest BCUT2D eigenvalue weighted by Crippen LogP contribution is 2.04. The molecule has 11 heavy (non-hydrogen) atoms. The molecule has 0 aliphatic heterocycles. The predicted octanol–water partition coefficient (Wildman–Crippen LogP) is 0.340. The van der Waals surface area contributed by atoms with Crippen molar-refractivity contribution in [1.82, 2.24) is 0 Å². The van der Waals surface area contributed by atoms with Crippen LogP contribution in [0.4, 0.5) is 0 Å². The van der Waals surface area contributed by atoms with E-state index in [1.54, 1.807) is 6.92 Å². The summed E-state index contributed by atoms with van der Waals surface area (Å²) < 4.78 is 4.72. The van der Waals surface area contributed by atoms with Crippen molar-refractivity contribution in [1.29, 1.82) is 0 Å². The molecule has 0 unspecified atom stereocenters. The Bertz CT molecular complexity index is 171. The lowest BCUT2D eigenvalue weighted by Crippen LogP contribution is -2.10. The van der Waals surface area contributed by atoms with Gasteiger partial charge in [0.05, 0.1) is 12.2 Å². The van der Waals surface area contributed by atoms with E-state index in [1.165, 1.54) is 7.11 Å². The molecule has 0 saturated carbocycles. The van der Waals surface area contributed by atoms with Gasteiger partial charge in [0.25, 0.3) is 0 Å². The van der Waals surface area contributed by atoms with E-state index in [2.05, 4.69) is 0 Å². The minimum atomic E-state index is -0.970. The average Bonchev–Trinajstić information content (AvgIpc) is 1.87. The molecule has 64 valence electrons. The topological polar surface area (TPSA) is 72.5 Å². The van der Waals surface area contributed by atoms with Crippen molar-refractivity contribution in [2.24, 2.45) is 5.73 Å². The zero-order valence-electron chi connectivity index (χ0n) is 6.76. The number of hydrogen-bond donors (Lipinski definition) is 2. The van der Waals surface area contributed by atoms with E-state index in [0.29, 0.717) is 18.7 Å². The van der Waals surface area contributed by atoms with Gasteiger partial charge in [-0.15, -0.1) is 0 Å². The smallest absolute Gasteiger partial charge is 0.333 e. The van der Waals surface area contributed by atoms with Gasteiger partial charge in [-0.25, -0.2) is 4.79 Å². The molecule has 0 radical (unpaired) electrons. The van der Waals surface area contributed by atoms with Crippen molar-refractivity contribution in [2.45, 2.75) is 13.3 Å². The van der Waals surface area contributed by atoms with Crippen molar-refractivity contribution in [3.8, 4) is 0 Å². The molecule has 0 aliphatic rings. The van der Waals surface area contributed by atoms with E-state index in [0.717, 1.165) is 0 Å². The molecule has 0 amide bonds. The number of carbonyl (C=O) groups is 1. The molecular weight excluding hydrogens is 146 g/mol. The van der Waals surface area contributed by atoms with Gasteiger partial charge in [-0.2, -0.15) is 0 Å². The molecule has 4 nitrogen and oxygen atoms in total. The van der Waals surface area contributed by atoms with Gasteiger partial charge in [-0.3, -0.25) is 0 Å². The Balaban J connectivity index is 4.14. The summed E-state index contributed by atoms with van der Waals surface area (Å²) in [5.74, 6) is -0.970. The van der Waals surface area contributed by atoms with Crippen LogP contribution in [0.1, 0.15) is 13.3 Å². The van der Waals surface area contributed by atoms with E-state index >= 15 is 0 Å². The van der Waals surface area contributed by atoms with Crippen LogP contribution in [0, 0.1) is 0 Å². The molecule has 4 heteroatoms. The minimum Gasteiger partial charge on any atom is -0.478 e. The molecule has 0 aliphatic carbocycles. The molecule has 0 heterocycles. The Hall–Kier alpha value is -1.03. The number of ether oxygens (including phenoxy) is 1. The molecule has 0 fully saturated rings. The zero-order valence-corrected chi connectivity index (χ0v) is 6.76. The van der Waals surface area contributed by atoms with Gasteiger partial charge in [-0.1, -0.05) is 0 Å². The van der Waals surface area contributed by atoms with Crippen LogP contribution in [-0.2, 0) is 9.53 Å². The van der Waals surface area contributed by atoms with Crippen molar-refractivity contribution in [3.63, 3.8) is 0 Å². The summed E-state index contributed by atoms with van der Waals surface area (Å²) >= 11 is 0. The molecule has 3 N–H and O–H groups in total. The zero-order chi connectivity index (χ0) is 8.85. The third-order valence-corrected chi connectivity index (χ3v) is 1.29. The van der Waals surface area contributed by atoms with E-state index in [-0.39, 0.29) is 5.57 Å². The summed E-state index contributed by atoms with van der Waals surface area (Å²) in [7, 11) is 1.52. The van der Waals surface area contributed by atoms with Gasteiger partial charge in [0, 0.05) is 19.2 Å². The monoisotopic (exact) mass is 159 g/mol. The normalized spacial score (nSPS) is 12.5. The van der Waals surface area contributed by atoms with Crippen LogP contribution in [0.2, 0.25) is 0 Å². The van der Waals surface area contributed by atoms with Crippen molar-refractivity contribution in [2.75, 3.05) is 13.7 Å². The molecule has 0 atom stereocenters. The predicted molar refractivity (Wildman–Crippen MR) is 41.0 cm³/mol. The van der Waals surface area contributed by atoms with Gasteiger partial charge in [0.2, 0.25) is 0 Å². The summed E-state index contributed by atoms with van der Waals surface area (Å²) in [5, 5.41) is 8.58. The Morgan fingerprint density at radius 1 is 1.64 bits per heavy atom. The summed E-state index contributed by atoms with van der Waals surface area (Å²) in [4.78, 5) is 10.5. The third kappa shape index (κ3) is 3.62. The molecule has 0 aromatic heterocycles. The van der Waals surface area contributed by atoms with Gasteiger partial charge in [0.1, 0.15) is 0 Å². The Labute approximate surface area is 65.6 Å². The summed E-state index contributed by atoms with van der Waals surface area (Å²) in [6, 6.07) is 0. The molecule has 0 spiro atoms. The standard InChI is InChI=1S/C7H13NO3/c1-5(8)6(7(9)10)3-4-11-2/h3-4,8H2,1-2H3,(H,9,10)/b6-5+. The highest BCUT2D eigenvalue weighted by molar-refractivity contribution is 5.87. The minimum absolute atomic E-state index is 0.229. The second-order valence-corrected chi connectivity index (χ2v) is 2.21. The van der Waals surface area contributed by atoms with E-state index < -0.39 is 5.97 Å². The first-order valence-electron chi connectivity index (χ1n) is 3.27. The molecule has 0 aromatic carbocycles. The lowest BCUT2D eigenvalue weighted by Gasteiger charge is -2.02. The molecule has 0 saturated heterocycles. The van der Waals surface area contributed by atoms with E-state index in [4.69, 9.17) is 15.6 Å². The fraction of sp³-hybridized carbons (Fsp3) is 0.571. The van der Waals surface area contributed by atoms with Crippen LogP contribution < -0.4 is 5.73 Å². The number of aliphatic carboxylic acids is 1.